The van der Waals surface area contributed by atoms with Crippen LogP contribution in [0.5, 0.6) is 5.75 Å². The molecule has 4 aromatic rings. The Labute approximate surface area is 246 Å². The minimum absolute atomic E-state index is 0.0843. The van der Waals surface area contributed by atoms with Crippen molar-refractivity contribution in [3.05, 3.63) is 78.5 Å². The van der Waals surface area contributed by atoms with Gasteiger partial charge >= 0.3 is 0 Å². The van der Waals surface area contributed by atoms with Crippen molar-refractivity contribution in [1.29, 1.82) is 5.26 Å². The fraction of sp³-hybridized carbons (Fsp3) is 0.364. The van der Waals surface area contributed by atoms with E-state index in [4.69, 9.17) is 9.72 Å². The molecule has 0 radical (unpaired) electrons. The minimum Gasteiger partial charge on any atom is -0.492 e. The number of rotatable bonds is 9. The van der Waals surface area contributed by atoms with Crippen LogP contribution in [-0.4, -0.2) is 63.2 Å². The van der Waals surface area contributed by atoms with E-state index in [1.807, 2.05) is 48.4 Å². The molecule has 214 valence electrons. The van der Waals surface area contributed by atoms with Crippen LogP contribution in [0.15, 0.2) is 67.4 Å². The molecule has 9 nitrogen and oxygen atoms in total. The van der Waals surface area contributed by atoms with Gasteiger partial charge in [-0.05, 0) is 67.0 Å². The first-order chi connectivity index (χ1) is 20.5. The van der Waals surface area contributed by atoms with Crippen molar-refractivity contribution < 1.29 is 9.53 Å². The summed E-state index contributed by atoms with van der Waals surface area (Å²) in [6.45, 7) is 7.58. The van der Waals surface area contributed by atoms with Crippen molar-refractivity contribution >= 4 is 23.3 Å². The maximum atomic E-state index is 13.3. The zero-order chi connectivity index (χ0) is 29.1. The lowest BCUT2D eigenvalue weighted by molar-refractivity contribution is -0.133. The largest absolute Gasteiger partial charge is 0.492 e. The van der Waals surface area contributed by atoms with Gasteiger partial charge in [0.1, 0.15) is 17.6 Å². The Hall–Kier alpha value is -4.71. The van der Waals surface area contributed by atoms with Crippen LogP contribution in [0.2, 0.25) is 0 Å². The van der Waals surface area contributed by atoms with Gasteiger partial charge in [0.2, 0.25) is 5.91 Å². The standard InChI is InChI=1S/C33H35N7O2/c1-3-42-28-18-29(32-27(20-34)22-37-40(32)23-28)26-6-7-30(36-21-26)38-14-16-39(17-15-38)31(41)19-33(10-11-33)24(2)4-5-25-8-12-35-13-9-25/h4-9,12-13,18,21-24H,3,10-11,14-17,19H2,1-2H3/b5-4+. The van der Waals surface area contributed by atoms with Gasteiger partial charge < -0.3 is 14.5 Å². The van der Waals surface area contributed by atoms with E-state index in [1.165, 1.54) is 0 Å². The summed E-state index contributed by atoms with van der Waals surface area (Å²) in [5.41, 5.74) is 4.20. The van der Waals surface area contributed by atoms with Crippen molar-refractivity contribution in [2.75, 3.05) is 37.7 Å². The van der Waals surface area contributed by atoms with E-state index in [0.29, 0.717) is 43.3 Å². The number of allylic oxidation sites excluding steroid dienone is 1. The van der Waals surface area contributed by atoms with E-state index >= 15 is 0 Å². The van der Waals surface area contributed by atoms with Crippen LogP contribution in [0.25, 0.3) is 22.7 Å². The monoisotopic (exact) mass is 561 g/mol. The van der Waals surface area contributed by atoms with Gasteiger partial charge in [0, 0.05) is 62.3 Å². The summed E-state index contributed by atoms with van der Waals surface area (Å²) in [4.78, 5) is 26.4. The average Bonchev–Trinajstić information content (AvgIpc) is 3.70. The van der Waals surface area contributed by atoms with E-state index in [9.17, 15) is 10.1 Å². The third kappa shape index (κ3) is 5.57. The van der Waals surface area contributed by atoms with Crippen LogP contribution in [0.1, 0.15) is 44.2 Å². The molecule has 4 aromatic heterocycles. The van der Waals surface area contributed by atoms with Crippen molar-refractivity contribution in [3.8, 4) is 22.9 Å². The molecule has 1 aliphatic heterocycles. The van der Waals surface area contributed by atoms with E-state index in [-0.39, 0.29) is 11.3 Å². The second-order valence-electron chi connectivity index (χ2n) is 11.2. The molecule has 6 rings (SSSR count). The third-order valence-corrected chi connectivity index (χ3v) is 8.68. The Kier molecular flexibility index (Phi) is 7.62. The van der Waals surface area contributed by atoms with Crippen LogP contribution < -0.4 is 9.64 Å². The second-order valence-corrected chi connectivity index (χ2v) is 11.2. The van der Waals surface area contributed by atoms with Crippen LogP contribution in [0.3, 0.4) is 0 Å². The Morgan fingerprint density at radius 3 is 2.60 bits per heavy atom. The van der Waals surface area contributed by atoms with Gasteiger partial charge in [0.25, 0.3) is 0 Å². The fourth-order valence-electron chi connectivity index (χ4n) is 5.86. The third-order valence-electron chi connectivity index (χ3n) is 8.68. The van der Waals surface area contributed by atoms with Crippen molar-refractivity contribution in [1.82, 2.24) is 24.5 Å². The van der Waals surface area contributed by atoms with Crippen LogP contribution >= 0.6 is 0 Å². The Morgan fingerprint density at radius 1 is 1.14 bits per heavy atom. The number of nitriles is 1. The first-order valence-electron chi connectivity index (χ1n) is 14.6. The first-order valence-corrected chi connectivity index (χ1v) is 14.6. The van der Waals surface area contributed by atoms with Crippen molar-refractivity contribution in [2.24, 2.45) is 11.3 Å². The smallest absolute Gasteiger partial charge is 0.223 e. The summed E-state index contributed by atoms with van der Waals surface area (Å²) < 4.78 is 7.42. The van der Waals surface area contributed by atoms with Gasteiger partial charge in [-0.3, -0.25) is 9.78 Å². The number of anilines is 1. The minimum atomic E-state index is 0.0843. The number of aromatic nitrogens is 4. The molecule has 42 heavy (non-hydrogen) atoms. The molecule has 1 amide bonds. The Morgan fingerprint density at radius 2 is 1.93 bits per heavy atom. The molecule has 9 heteroatoms. The average molecular weight is 562 g/mol. The summed E-state index contributed by atoms with van der Waals surface area (Å²) in [6, 6.07) is 12.2. The summed E-state index contributed by atoms with van der Waals surface area (Å²) in [6.07, 6.45) is 16.0. The van der Waals surface area contributed by atoms with E-state index in [0.717, 1.165) is 54.0 Å². The molecule has 1 saturated carbocycles. The quantitative estimate of drug-likeness (QED) is 0.276. The summed E-state index contributed by atoms with van der Waals surface area (Å²) in [7, 11) is 0. The number of carbonyl (C=O) groups excluding carboxylic acids is 1. The molecule has 0 bridgehead atoms. The SMILES string of the molecule is CCOc1cc(-c2ccc(N3CCN(C(=O)CC4(C(C)/C=C/c5ccncc5)CC4)CC3)nc2)c2c(C#N)cnn2c1. The van der Waals surface area contributed by atoms with Gasteiger partial charge in [0.15, 0.2) is 0 Å². The highest BCUT2D eigenvalue weighted by atomic mass is 16.5. The lowest BCUT2D eigenvalue weighted by Crippen LogP contribution is -2.49. The highest BCUT2D eigenvalue weighted by Crippen LogP contribution is 2.55. The van der Waals surface area contributed by atoms with Crippen LogP contribution in [0, 0.1) is 22.7 Å². The predicted molar refractivity (Wildman–Crippen MR) is 162 cm³/mol. The van der Waals surface area contributed by atoms with Gasteiger partial charge in [-0.1, -0.05) is 19.1 Å². The van der Waals surface area contributed by atoms with E-state index < -0.39 is 0 Å². The Bertz CT molecular complexity index is 1630. The molecular formula is C33H35N7O2. The molecular weight excluding hydrogens is 526 g/mol. The second kappa shape index (κ2) is 11.6. The number of nitrogens with zero attached hydrogens (tertiary/aromatic N) is 7. The molecule has 5 heterocycles. The van der Waals surface area contributed by atoms with E-state index in [1.54, 1.807) is 29.3 Å². The number of hydrogen-bond acceptors (Lipinski definition) is 7. The zero-order valence-corrected chi connectivity index (χ0v) is 24.1. The van der Waals surface area contributed by atoms with Crippen molar-refractivity contribution in [3.63, 3.8) is 0 Å². The summed E-state index contributed by atoms with van der Waals surface area (Å²) in [5.74, 6) is 2.17. The number of pyridine rings is 3. The zero-order valence-electron chi connectivity index (χ0n) is 24.1. The summed E-state index contributed by atoms with van der Waals surface area (Å²) >= 11 is 0. The fourth-order valence-corrected chi connectivity index (χ4v) is 5.86. The maximum Gasteiger partial charge on any atom is 0.223 e. The molecule has 1 aliphatic carbocycles. The van der Waals surface area contributed by atoms with Gasteiger partial charge in [-0.2, -0.15) is 10.4 Å². The number of fused-ring (bicyclic) bond motifs is 1. The lowest BCUT2D eigenvalue weighted by Gasteiger charge is -2.36. The van der Waals surface area contributed by atoms with Crippen molar-refractivity contribution in [2.45, 2.75) is 33.1 Å². The topological polar surface area (TPSA) is 99.6 Å². The maximum absolute atomic E-state index is 13.3. The normalized spacial score (nSPS) is 16.9. The number of ether oxygens (including phenoxy) is 1. The molecule has 0 aromatic carbocycles. The number of carbonyl (C=O) groups is 1. The van der Waals surface area contributed by atoms with Gasteiger partial charge in [-0.15, -0.1) is 0 Å². The molecule has 0 spiro atoms. The molecule has 1 saturated heterocycles. The lowest BCUT2D eigenvalue weighted by atomic mass is 9.86. The number of piperazine rings is 1. The molecule has 1 unspecified atom stereocenters. The van der Waals surface area contributed by atoms with Gasteiger partial charge in [-0.25, -0.2) is 9.50 Å². The molecule has 2 fully saturated rings. The predicted octanol–water partition coefficient (Wildman–Crippen LogP) is 5.23. The molecule has 0 N–H and O–H groups in total. The molecule has 2 aliphatic rings. The first kappa shape index (κ1) is 27.5. The number of hydrogen-bond donors (Lipinski definition) is 0. The van der Waals surface area contributed by atoms with Crippen LogP contribution in [-0.2, 0) is 4.79 Å². The van der Waals surface area contributed by atoms with Crippen LogP contribution in [0.4, 0.5) is 5.82 Å². The van der Waals surface area contributed by atoms with Gasteiger partial charge in [0.05, 0.1) is 30.1 Å². The highest BCUT2D eigenvalue weighted by Gasteiger charge is 2.48. The highest BCUT2D eigenvalue weighted by molar-refractivity contribution is 5.85. The molecule has 1 atom stereocenters. The number of amides is 1. The van der Waals surface area contributed by atoms with E-state index in [2.05, 4.69) is 40.1 Å². The Balaban J connectivity index is 1.08. The summed E-state index contributed by atoms with van der Waals surface area (Å²) in [5, 5.41) is 13.9.